The second-order valence-corrected chi connectivity index (χ2v) is 6.59. The first-order valence-electron chi connectivity index (χ1n) is 8.66. The molecule has 1 aliphatic heterocycles. The second-order valence-electron chi connectivity index (χ2n) is 6.18. The Balaban J connectivity index is 2.23. The van der Waals surface area contributed by atoms with Gasteiger partial charge in [0.15, 0.2) is 0 Å². The standard InChI is InChI=1S/C20H23ClFN3/c1-3-5-9-18-20-16(21)10-11-24(20)13-19(17(23)4-2)25(18)15-8-6-7-14(22)12-15/h6-13,17H,3-5,23H2,1-2H3/b18-9+. The van der Waals surface area contributed by atoms with Gasteiger partial charge in [0.25, 0.3) is 0 Å². The molecule has 2 heterocycles. The Labute approximate surface area is 153 Å². The van der Waals surface area contributed by atoms with E-state index in [4.69, 9.17) is 17.3 Å². The van der Waals surface area contributed by atoms with Crippen molar-refractivity contribution in [3.63, 3.8) is 0 Å². The first kappa shape index (κ1) is 17.8. The van der Waals surface area contributed by atoms with Crippen LogP contribution in [-0.4, -0.2) is 10.6 Å². The monoisotopic (exact) mass is 359 g/mol. The van der Waals surface area contributed by atoms with Crippen molar-refractivity contribution >= 4 is 29.2 Å². The van der Waals surface area contributed by atoms with E-state index >= 15 is 0 Å². The first-order chi connectivity index (χ1) is 12.1. The fourth-order valence-corrected chi connectivity index (χ4v) is 3.32. The quantitative estimate of drug-likeness (QED) is 0.767. The van der Waals surface area contributed by atoms with E-state index in [1.165, 1.54) is 12.1 Å². The number of aromatic nitrogens is 1. The summed E-state index contributed by atoms with van der Waals surface area (Å²) in [6, 6.07) is 8.29. The summed E-state index contributed by atoms with van der Waals surface area (Å²) in [5.74, 6) is -0.274. The van der Waals surface area contributed by atoms with E-state index in [-0.39, 0.29) is 11.9 Å². The Morgan fingerprint density at radius 2 is 2.08 bits per heavy atom. The minimum absolute atomic E-state index is 0.164. The van der Waals surface area contributed by atoms with Crippen LogP contribution in [-0.2, 0) is 0 Å². The van der Waals surface area contributed by atoms with Gasteiger partial charge in [-0.05, 0) is 37.1 Å². The van der Waals surface area contributed by atoms with Gasteiger partial charge in [-0.25, -0.2) is 4.39 Å². The molecule has 2 aromatic rings. The molecule has 5 heteroatoms. The van der Waals surface area contributed by atoms with Crippen LogP contribution in [0.1, 0.15) is 38.8 Å². The van der Waals surface area contributed by atoms with Crippen LogP contribution in [0.2, 0.25) is 5.02 Å². The summed E-state index contributed by atoms with van der Waals surface area (Å²) in [5, 5.41) is 0.670. The lowest BCUT2D eigenvalue weighted by Crippen LogP contribution is -2.37. The molecule has 0 saturated heterocycles. The normalized spacial score (nSPS) is 16.8. The molecule has 3 nitrogen and oxygen atoms in total. The number of hydrogen-bond donors (Lipinski definition) is 1. The number of halogens is 2. The molecule has 1 aliphatic rings. The van der Waals surface area contributed by atoms with E-state index < -0.39 is 0 Å². The molecule has 1 atom stereocenters. The summed E-state index contributed by atoms with van der Waals surface area (Å²) < 4.78 is 15.9. The van der Waals surface area contributed by atoms with Gasteiger partial charge in [0.1, 0.15) is 5.82 Å². The minimum atomic E-state index is -0.274. The lowest BCUT2D eigenvalue weighted by molar-refractivity contribution is 0.627. The molecule has 0 bridgehead atoms. The van der Waals surface area contributed by atoms with Crippen molar-refractivity contribution in [1.82, 2.24) is 4.57 Å². The van der Waals surface area contributed by atoms with Crippen molar-refractivity contribution in [2.45, 2.75) is 39.2 Å². The molecule has 1 aromatic carbocycles. The smallest absolute Gasteiger partial charge is 0.125 e. The zero-order chi connectivity index (χ0) is 18.0. The highest BCUT2D eigenvalue weighted by Gasteiger charge is 2.29. The molecule has 132 valence electrons. The molecule has 0 fully saturated rings. The number of rotatable bonds is 5. The van der Waals surface area contributed by atoms with E-state index in [0.717, 1.165) is 42.0 Å². The average Bonchev–Trinajstić information content (AvgIpc) is 2.99. The van der Waals surface area contributed by atoms with Crippen LogP contribution in [0, 0.1) is 5.82 Å². The number of anilines is 1. The van der Waals surface area contributed by atoms with Gasteiger partial charge in [-0.15, -0.1) is 0 Å². The van der Waals surface area contributed by atoms with E-state index in [1.54, 1.807) is 6.07 Å². The van der Waals surface area contributed by atoms with Crippen molar-refractivity contribution in [3.05, 3.63) is 64.8 Å². The van der Waals surface area contributed by atoms with Crippen molar-refractivity contribution in [1.29, 1.82) is 0 Å². The molecule has 0 amide bonds. The lowest BCUT2D eigenvalue weighted by atomic mass is 10.0. The number of allylic oxidation sites excluding steroid dienone is 1. The van der Waals surface area contributed by atoms with E-state index in [2.05, 4.69) is 13.0 Å². The van der Waals surface area contributed by atoms with Crippen LogP contribution in [0.15, 0.2) is 48.3 Å². The molecule has 0 saturated carbocycles. The Hall–Kier alpha value is -2.04. The number of fused-ring (bicyclic) bond motifs is 1. The third-order valence-corrected chi connectivity index (χ3v) is 4.70. The molecule has 25 heavy (non-hydrogen) atoms. The molecule has 0 spiro atoms. The van der Waals surface area contributed by atoms with Gasteiger partial charge in [-0.3, -0.25) is 0 Å². The minimum Gasteiger partial charge on any atom is -0.323 e. The summed E-state index contributed by atoms with van der Waals surface area (Å²) in [6.07, 6.45) is 8.77. The largest absolute Gasteiger partial charge is 0.323 e. The summed E-state index contributed by atoms with van der Waals surface area (Å²) >= 11 is 6.45. The third kappa shape index (κ3) is 3.37. The number of unbranched alkanes of at least 4 members (excludes halogenated alkanes) is 1. The van der Waals surface area contributed by atoms with Crippen molar-refractivity contribution in [2.24, 2.45) is 5.73 Å². The first-order valence-corrected chi connectivity index (χ1v) is 9.04. The van der Waals surface area contributed by atoms with Crippen LogP contribution in [0.4, 0.5) is 10.1 Å². The highest BCUT2D eigenvalue weighted by atomic mass is 35.5. The molecular formula is C20H23ClFN3. The van der Waals surface area contributed by atoms with Crippen molar-refractivity contribution < 1.29 is 4.39 Å². The van der Waals surface area contributed by atoms with Crippen LogP contribution in [0.3, 0.4) is 0 Å². The predicted octanol–water partition coefficient (Wildman–Crippen LogP) is 5.48. The van der Waals surface area contributed by atoms with Gasteiger partial charge in [0, 0.05) is 24.1 Å². The van der Waals surface area contributed by atoms with Gasteiger partial charge >= 0.3 is 0 Å². The molecule has 1 aromatic heterocycles. The fourth-order valence-electron chi connectivity index (χ4n) is 3.07. The SMILES string of the molecule is CCC/C=C1\c2c(Cl)ccn2C=C(C(N)CC)N1c1cccc(F)c1. The van der Waals surface area contributed by atoms with Gasteiger partial charge in [0.05, 0.1) is 22.1 Å². The topological polar surface area (TPSA) is 34.2 Å². The average molecular weight is 360 g/mol. The lowest BCUT2D eigenvalue weighted by Gasteiger charge is -2.36. The summed E-state index contributed by atoms with van der Waals surface area (Å²) in [4.78, 5) is 2.04. The Kier molecular flexibility index (Phi) is 5.30. The molecule has 0 radical (unpaired) electrons. The van der Waals surface area contributed by atoms with Crippen LogP contribution in [0.5, 0.6) is 0 Å². The molecule has 0 aliphatic carbocycles. The number of nitrogens with two attached hydrogens (primary N) is 1. The highest BCUT2D eigenvalue weighted by Crippen LogP contribution is 2.39. The zero-order valence-corrected chi connectivity index (χ0v) is 15.3. The summed E-state index contributed by atoms with van der Waals surface area (Å²) in [7, 11) is 0. The Morgan fingerprint density at radius 1 is 1.28 bits per heavy atom. The van der Waals surface area contributed by atoms with E-state index in [1.807, 2.05) is 40.9 Å². The zero-order valence-electron chi connectivity index (χ0n) is 14.5. The van der Waals surface area contributed by atoms with E-state index in [9.17, 15) is 4.39 Å². The van der Waals surface area contributed by atoms with Crippen molar-refractivity contribution in [3.8, 4) is 0 Å². The van der Waals surface area contributed by atoms with Crippen LogP contribution in [0.25, 0.3) is 11.9 Å². The highest BCUT2D eigenvalue weighted by molar-refractivity contribution is 6.32. The van der Waals surface area contributed by atoms with Gasteiger partial charge in [0.2, 0.25) is 0 Å². The van der Waals surface area contributed by atoms with Gasteiger partial charge in [-0.2, -0.15) is 0 Å². The summed E-state index contributed by atoms with van der Waals surface area (Å²) in [5.41, 5.74) is 9.92. The predicted molar refractivity (Wildman–Crippen MR) is 104 cm³/mol. The van der Waals surface area contributed by atoms with Gasteiger partial charge in [-0.1, -0.05) is 44.0 Å². The van der Waals surface area contributed by atoms with Crippen LogP contribution >= 0.6 is 11.6 Å². The molecular weight excluding hydrogens is 337 g/mol. The maximum absolute atomic E-state index is 13.9. The maximum Gasteiger partial charge on any atom is 0.125 e. The van der Waals surface area contributed by atoms with E-state index in [0.29, 0.717) is 5.02 Å². The number of nitrogens with zero attached hydrogens (tertiary/aromatic N) is 2. The molecule has 3 rings (SSSR count). The third-order valence-electron chi connectivity index (χ3n) is 4.39. The Morgan fingerprint density at radius 3 is 2.76 bits per heavy atom. The fraction of sp³-hybridized carbons (Fsp3) is 0.300. The van der Waals surface area contributed by atoms with Gasteiger partial charge < -0.3 is 15.2 Å². The number of hydrogen-bond acceptors (Lipinski definition) is 2. The second kappa shape index (κ2) is 7.46. The maximum atomic E-state index is 13.9. The number of benzene rings is 1. The summed E-state index contributed by atoms with van der Waals surface area (Å²) in [6.45, 7) is 4.17. The van der Waals surface area contributed by atoms with Crippen LogP contribution < -0.4 is 10.6 Å². The Bertz CT molecular complexity index is 822. The van der Waals surface area contributed by atoms with Crippen molar-refractivity contribution in [2.75, 3.05) is 4.90 Å². The molecule has 2 N–H and O–H groups in total. The molecule has 1 unspecified atom stereocenters.